The van der Waals surface area contributed by atoms with Crippen LogP contribution in [0.2, 0.25) is 5.02 Å². The van der Waals surface area contributed by atoms with Crippen LogP contribution < -0.4 is 5.43 Å². The number of carbonyl (C=O) groups is 1. The first-order valence-electron chi connectivity index (χ1n) is 5.44. The zero-order valence-electron chi connectivity index (χ0n) is 10.1. The van der Waals surface area contributed by atoms with Gasteiger partial charge in [-0.05, 0) is 42.1 Å². The van der Waals surface area contributed by atoms with E-state index in [9.17, 15) is 9.90 Å². The normalized spacial score (nSPS) is 10.8. The van der Waals surface area contributed by atoms with Gasteiger partial charge in [-0.15, -0.1) is 11.3 Å². The maximum atomic E-state index is 11.8. The van der Waals surface area contributed by atoms with E-state index in [2.05, 4.69) is 10.5 Å². The fourth-order valence-corrected chi connectivity index (χ4v) is 2.38. The second-order valence-electron chi connectivity index (χ2n) is 3.83. The van der Waals surface area contributed by atoms with Gasteiger partial charge in [0.25, 0.3) is 5.91 Å². The maximum absolute atomic E-state index is 11.8. The third-order valence-electron chi connectivity index (χ3n) is 2.45. The van der Waals surface area contributed by atoms with E-state index in [0.29, 0.717) is 5.02 Å². The highest BCUT2D eigenvalue weighted by atomic mass is 35.5. The molecule has 0 aliphatic heterocycles. The van der Waals surface area contributed by atoms with Crippen molar-refractivity contribution in [2.75, 3.05) is 0 Å². The molecule has 2 N–H and O–H groups in total. The van der Waals surface area contributed by atoms with Crippen LogP contribution in [0.5, 0.6) is 5.75 Å². The number of aromatic hydroxyl groups is 1. The number of halogens is 1. The molecular weight excluding hydrogens is 284 g/mol. The molecular formula is C13H11ClN2O2S. The first kappa shape index (κ1) is 13.6. The Morgan fingerprint density at radius 3 is 2.89 bits per heavy atom. The molecule has 98 valence electrons. The molecule has 1 aromatic carbocycles. The van der Waals surface area contributed by atoms with E-state index in [0.717, 1.165) is 10.4 Å². The highest BCUT2D eigenvalue weighted by Gasteiger charge is 2.10. The molecule has 1 aromatic heterocycles. The third-order valence-corrected chi connectivity index (χ3v) is 3.64. The van der Waals surface area contributed by atoms with Gasteiger partial charge in [0.05, 0.1) is 11.8 Å². The second kappa shape index (κ2) is 5.86. The summed E-state index contributed by atoms with van der Waals surface area (Å²) in [4.78, 5) is 12.7. The Balaban J connectivity index is 2.06. The van der Waals surface area contributed by atoms with Gasteiger partial charge >= 0.3 is 0 Å². The molecule has 1 amide bonds. The Morgan fingerprint density at radius 2 is 2.26 bits per heavy atom. The molecule has 0 atom stereocenters. The van der Waals surface area contributed by atoms with Gasteiger partial charge in [0.15, 0.2) is 0 Å². The van der Waals surface area contributed by atoms with Crippen LogP contribution >= 0.6 is 22.9 Å². The van der Waals surface area contributed by atoms with Crippen molar-refractivity contribution in [1.29, 1.82) is 0 Å². The van der Waals surface area contributed by atoms with Crippen molar-refractivity contribution < 1.29 is 9.90 Å². The molecule has 0 unspecified atom stereocenters. The molecule has 0 fully saturated rings. The van der Waals surface area contributed by atoms with E-state index < -0.39 is 5.91 Å². The summed E-state index contributed by atoms with van der Waals surface area (Å²) in [6.45, 7) is 1.96. The molecule has 0 saturated carbocycles. The van der Waals surface area contributed by atoms with Crippen molar-refractivity contribution in [3.8, 4) is 5.75 Å². The fourth-order valence-electron chi connectivity index (χ4n) is 1.42. The van der Waals surface area contributed by atoms with Crippen LogP contribution in [-0.2, 0) is 0 Å². The Labute approximate surface area is 119 Å². The van der Waals surface area contributed by atoms with Crippen LogP contribution in [0.4, 0.5) is 0 Å². The molecule has 0 spiro atoms. The molecule has 0 radical (unpaired) electrons. The zero-order chi connectivity index (χ0) is 13.8. The molecule has 2 rings (SSSR count). The van der Waals surface area contributed by atoms with Gasteiger partial charge in [-0.25, -0.2) is 5.43 Å². The van der Waals surface area contributed by atoms with Crippen LogP contribution in [0.3, 0.4) is 0 Å². The van der Waals surface area contributed by atoms with Crippen LogP contribution in [0, 0.1) is 6.92 Å². The number of hydrazone groups is 1. The van der Waals surface area contributed by atoms with E-state index in [1.165, 1.54) is 29.5 Å². The van der Waals surface area contributed by atoms with E-state index in [4.69, 9.17) is 11.6 Å². The van der Waals surface area contributed by atoms with Crippen molar-refractivity contribution in [1.82, 2.24) is 5.43 Å². The number of amides is 1. The molecule has 19 heavy (non-hydrogen) atoms. The van der Waals surface area contributed by atoms with Crippen LogP contribution in [0.15, 0.2) is 34.7 Å². The van der Waals surface area contributed by atoms with E-state index in [-0.39, 0.29) is 11.3 Å². The number of aryl methyl sites for hydroxylation is 1. The molecule has 4 nitrogen and oxygen atoms in total. The fraction of sp³-hybridized carbons (Fsp3) is 0.0769. The minimum Gasteiger partial charge on any atom is -0.507 e. The largest absolute Gasteiger partial charge is 0.507 e. The third kappa shape index (κ3) is 3.33. The summed E-state index contributed by atoms with van der Waals surface area (Å²) in [5.74, 6) is -0.660. The van der Waals surface area contributed by atoms with Gasteiger partial charge in [-0.1, -0.05) is 11.6 Å². The van der Waals surface area contributed by atoms with Crippen molar-refractivity contribution in [2.45, 2.75) is 6.92 Å². The topological polar surface area (TPSA) is 61.7 Å². The smallest absolute Gasteiger partial charge is 0.275 e. The number of carbonyl (C=O) groups excluding carboxylic acids is 1. The van der Waals surface area contributed by atoms with Gasteiger partial charge in [0.1, 0.15) is 5.75 Å². The molecule has 0 aliphatic rings. The average Bonchev–Trinajstić information content (AvgIpc) is 2.75. The molecule has 0 bridgehead atoms. The number of hydrogen-bond acceptors (Lipinski definition) is 4. The van der Waals surface area contributed by atoms with Crippen molar-refractivity contribution in [3.05, 3.63) is 50.7 Å². The lowest BCUT2D eigenvalue weighted by Crippen LogP contribution is -2.17. The minimum atomic E-state index is -0.486. The molecule has 0 saturated heterocycles. The number of rotatable bonds is 3. The Morgan fingerprint density at radius 1 is 1.47 bits per heavy atom. The number of phenols is 1. The Bertz CT molecular complexity index is 637. The number of nitrogens with one attached hydrogen (secondary N) is 1. The summed E-state index contributed by atoms with van der Waals surface area (Å²) >= 11 is 7.23. The van der Waals surface area contributed by atoms with E-state index in [1.807, 2.05) is 18.4 Å². The lowest BCUT2D eigenvalue weighted by Gasteiger charge is -2.02. The number of nitrogens with zero attached hydrogens (tertiary/aromatic N) is 1. The first-order chi connectivity index (χ1) is 9.08. The highest BCUT2D eigenvalue weighted by molar-refractivity contribution is 7.11. The number of thiophene rings is 1. The number of benzene rings is 1. The zero-order valence-corrected chi connectivity index (χ0v) is 11.6. The van der Waals surface area contributed by atoms with E-state index in [1.54, 1.807) is 6.21 Å². The quantitative estimate of drug-likeness (QED) is 0.674. The highest BCUT2D eigenvalue weighted by Crippen LogP contribution is 2.21. The van der Waals surface area contributed by atoms with Crippen molar-refractivity contribution in [2.24, 2.45) is 5.10 Å². The SMILES string of the molecule is Cc1ccsc1/C=N/NC(=O)c1ccc(Cl)cc1O. The Kier molecular flexibility index (Phi) is 4.19. The molecule has 1 heterocycles. The predicted molar refractivity (Wildman–Crippen MR) is 77.2 cm³/mol. The van der Waals surface area contributed by atoms with Gasteiger partial charge in [-0.2, -0.15) is 5.10 Å². The predicted octanol–water partition coefficient (Wildman–Crippen LogP) is 3.18. The summed E-state index contributed by atoms with van der Waals surface area (Å²) in [6, 6.07) is 6.25. The summed E-state index contributed by atoms with van der Waals surface area (Å²) in [7, 11) is 0. The van der Waals surface area contributed by atoms with Crippen LogP contribution in [0.25, 0.3) is 0 Å². The average molecular weight is 295 g/mol. The van der Waals surface area contributed by atoms with Gasteiger partial charge in [0, 0.05) is 9.90 Å². The van der Waals surface area contributed by atoms with Crippen LogP contribution in [-0.4, -0.2) is 17.2 Å². The molecule has 6 heteroatoms. The summed E-state index contributed by atoms with van der Waals surface area (Å²) in [5.41, 5.74) is 3.58. The standard InChI is InChI=1S/C13H11ClN2O2S/c1-8-4-5-19-12(8)7-15-16-13(18)10-3-2-9(14)6-11(10)17/h2-7,17H,1H3,(H,16,18)/b15-7+. The minimum absolute atomic E-state index is 0.129. The summed E-state index contributed by atoms with van der Waals surface area (Å²) in [6.07, 6.45) is 1.57. The van der Waals surface area contributed by atoms with Crippen molar-refractivity contribution in [3.63, 3.8) is 0 Å². The Hall–Kier alpha value is -1.85. The van der Waals surface area contributed by atoms with Crippen molar-refractivity contribution >= 4 is 35.1 Å². The lowest BCUT2D eigenvalue weighted by atomic mass is 10.2. The summed E-state index contributed by atoms with van der Waals surface area (Å²) < 4.78 is 0. The van der Waals surface area contributed by atoms with E-state index >= 15 is 0 Å². The van der Waals surface area contributed by atoms with Crippen LogP contribution in [0.1, 0.15) is 20.8 Å². The molecule has 0 aliphatic carbocycles. The number of phenolic OH excluding ortho intramolecular Hbond substituents is 1. The first-order valence-corrected chi connectivity index (χ1v) is 6.69. The van der Waals surface area contributed by atoms with Gasteiger partial charge in [0.2, 0.25) is 0 Å². The number of hydrogen-bond donors (Lipinski definition) is 2. The van der Waals surface area contributed by atoms with Gasteiger partial charge < -0.3 is 5.11 Å². The lowest BCUT2D eigenvalue weighted by molar-refractivity contribution is 0.0952. The second-order valence-corrected chi connectivity index (χ2v) is 5.21. The molecule has 2 aromatic rings. The maximum Gasteiger partial charge on any atom is 0.275 e. The summed E-state index contributed by atoms with van der Waals surface area (Å²) in [5, 5.41) is 15.8. The van der Waals surface area contributed by atoms with Gasteiger partial charge in [-0.3, -0.25) is 4.79 Å². The monoisotopic (exact) mass is 294 g/mol.